The Morgan fingerprint density at radius 3 is 2.94 bits per heavy atom. The molecule has 2 aliphatic rings. The lowest BCUT2D eigenvalue weighted by Gasteiger charge is -2.52. The fourth-order valence-corrected chi connectivity index (χ4v) is 3.35. The van der Waals surface area contributed by atoms with E-state index in [1.165, 1.54) is 12.5 Å². The number of fused-ring (bicyclic) bond motifs is 2. The molecule has 2 rings (SSSR count). The Hall–Kier alpha value is -0.830. The van der Waals surface area contributed by atoms with E-state index in [1.54, 1.807) is 0 Å². The van der Waals surface area contributed by atoms with Gasteiger partial charge in [-0.3, -0.25) is 4.79 Å². The molecule has 1 fully saturated rings. The van der Waals surface area contributed by atoms with E-state index in [1.807, 2.05) is 0 Å². The van der Waals surface area contributed by atoms with Crippen molar-refractivity contribution in [3.8, 4) is 0 Å². The van der Waals surface area contributed by atoms with Crippen LogP contribution in [0.1, 0.15) is 27.7 Å². The highest BCUT2D eigenvalue weighted by atomic mass is 16.5. The summed E-state index contributed by atoms with van der Waals surface area (Å²) in [4.78, 5) is 11.0. The molecule has 0 N–H and O–H groups in total. The van der Waals surface area contributed by atoms with Gasteiger partial charge in [0, 0.05) is 18.3 Å². The standard InChI is InChI=1S/C14H22O3/c1-9-5-10(2)14(8-17-12(4)15)7-16-6-13(9)11(14)3/h5,10-11,13H,6-8H2,1-4H3/t10-,11+,13-,14-/m1/s1. The highest BCUT2D eigenvalue weighted by Gasteiger charge is 2.50. The van der Waals surface area contributed by atoms with Gasteiger partial charge in [-0.15, -0.1) is 0 Å². The Morgan fingerprint density at radius 1 is 1.59 bits per heavy atom. The smallest absolute Gasteiger partial charge is 0.302 e. The van der Waals surface area contributed by atoms with Crippen molar-refractivity contribution in [2.45, 2.75) is 27.7 Å². The van der Waals surface area contributed by atoms with Crippen LogP contribution in [0.5, 0.6) is 0 Å². The van der Waals surface area contributed by atoms with Crippen LogP contribution in [0.15, 0.2) is 11.6 Å². The fourth-order valence-electron chi connectivity index (χ4n) is 3.35. The van der Waals surface area contributed by atoms with Gasteiger partial charge < -0.3 is 9.47 Å². The van der Waals surface area contributed by atoms with Crippen LogP contribution in [0.3, 0.4) is 0 Å². The maximum Gasteiger partial charge on any atom is 0.302 e. The molecule has 0 radical (unpaired) electrons. The summed E-state index contributed by atoms with van der Waals surface area (Å²) in [7, 11) is 0. The van der Waals surface area contributed by atoms with E-state index in [0.29, 0.717) is 31.0 Å². The molecule has 3 nitrogen and oxygen atoms in total. The van der Waals surface area contributed by atoms with Gasteiger partial charge >= 0.3 is 5.97 Å². The first-order valence-corrected chi connectivity index (χ1v) is 6.37. The maximum absolute atomic E-state index is 11.0. The van der Waals surface area contributed by atoms with Gasteiger partial charge in [0.1, 0.15) is 0 Å². The van der Waals surface area contributed by atoms with Crippen LogP contribution in [0.2, 0.25) is 0 Å². The van der Waals surface area contributed by atoms with Gasteiger partial charge in [-0.05, 0) is 18.8 Å². The zero-order valence-electron chi connectivity index (χ0n) is 11.2. The summed E-state index contributed by atoms with van der Waals surface area (Å²) >= 11 is 0. The zero-order valence-corrected chi connectivity index (χ0v) is 11.2. The van der Waals surface area contributed by atoms with Gasteiger partial charge in [0.15, 0.2) is 0 Å². The van der Waals surface area contributed by atoms with Crippen LogP contribution < -0.4 is 0 Å². The van der Waals surface area contributed by atoms with E-state index in [0.717, 1.165) is 6.61 Å². The molecule has 1 heterocycles. The van der Waals surface area contributed by atoms with Crippen LogP contribution in [0.4, 0.5) is 0 Å². The van der Waals surface area contributed by atoms with Crippen molar-refractivity contribution in [3.05, 3.63) is 11.6 Å². The van der Waals surface area contributed by atoms with E-state index in [2.05, 4.69) is 26.8 Å². The molecule has 0 aromatic rings. The molecule has 4 atom stereocenters. The van der Waals surface area contributed by atoms with Crippen molar-refractivity contribution in [1.82, 2.24) is 0 Å². The summed E-state index contributed by atoms with van der Waals surface area (Å²) in [5.41, 5.74) is 1.39. The first-order valence-electron chi connectivity index (χ1n) is 6.37. The lowest BCUT2D eigenvalue weighted by Crippen LogP contribution is -2.53. The van der Waals surface area contributed by atoms with Crippen molar-refractivity contribution in [2.75, 3.05) is 19.8 Å². The summed E-state index contributed by atoms with van der Waals surface area (Å²) in [5.74, 6) is 1.19. The number of allylic oxidation sites excluding steroid dienone is 1. The lowest BCUT2D eigenvalue weighted by atomic mass is 9.58. The SMILES string of the molecule is CC(=O)OC[C@]12COC[C@H](C(C)=C[C@H]1C)[C@@H]2C. The number of carbonyl (C=O) groups excluding carboxylic acids is 1. The molecule has 0 aromatic heterocycles. The van der Waals surface area contributed by atoms with Gasteiger partial charge in [-0.1, -0.05) is 25.5 Å². The second-order valence-corrected chi connectivity index (χ2v) is 5.62. The molecule has 0 amide bonds. The molecule has 1 aliphatic heterocycles. The van der Waals surface area contributed by atoms with Gasteiger partial charge in [0.25, 0.3) is 0 Å². The zero-order chi connectivity index (χ0) is 12.6. The highest BCUT2D eigenvalue weighted by Crippen LogP contribution is 2.50. The number of rotatable bonds is 2. The van der Waals surface area contributed by atoms with Crippen LogP contribution in [0, 0.1) is 23.2 Å². The minimum atomic E-state index is -0.202. The highest BCUT2D eigenvalue weighted by molar-refractivity contribution is 5.65. The van der Waals surface area contributed by atoms with E-state index >= 15 is 0 Å². The summed E-state index contributed by atoms with van der Waals surface area (Å²) in [6.45, 7) is 10.1. The molecule has 1 aliphatic carbocycles. The number of hydrogen-bond acceptors (Lipinski definition) is 3. The first-order chi connectivity index (χ1) is 7.97. The number of ether oxygens (including phenoxy) is 2. The van der Waals surface area contributed by atoms with Crippen LogP contribution in [-0.2, 0) is 14.3 Å². The van der Waals surface area contributed by atoms with Gasteiger partial charge in [-0.25, -0.2) is 0 Å². The molecule has 0 aromatic carbocycles. The third kappa shape index (κ3) is 2.01. The normalized spacial score (nSPS) is 40.7. The van der Waals surface area contributed by atoms with Gasteiger partial charge in [-0.2, -0.15) is 0 Å². The summed E-state index contributed by atoms with van der Waals surface area (Å²) in [5, 5.41) is 0. The van der Waals surface area contributed by atoms with Crippen molar-refractivity contribution < 1.29 is 14.3 Å². The predicted octanol–water partition coefficient (Wildman–Crippen LogP) is 2.41. The quantitative estimate of drug-likeness (QED) is 0.547. The molecule has 0 saturated carbocycles. The summed E-state index contributed by atoms with van der Waals surface area (Å²) in [6.07, 6.45) is 2.33. The second kappa shape index (κ2) is 4.45. The van der Waals surface area contributed by atoms with Crippen LogP contribution >= 0.6 is 0 Å². The van der Waals surface area contributed by atoms with Gasteiger partial charge in [0.2, 0.25) is 0 Å². The monoisotopic (exact) mass is 238 g/mol. The third-order valence-electron chi connectivity index (χ3n) is 4.73. The Labute approximate surface area is 103 Å². The second-order valence-electron chi connectivity index (χ2n) is 5.62. The predicted molar refractivity (Wildman–Crippen MR) is 65.5 cm³/mol. The van der Waals surface area contributed by atoms with Crippen molar-refractivity contribution in [1.29, 1.82) is 0 Å². The Kier molecular flexibility index (Phi) is 3.30. The molecule has 17 heavy (non-hydrogen) atoms. The largest absolute Gasteiger partial charge is 0.465 e. The van der Waals surface area contributed by atoms with Crippen LogP contribution in [0.25, 0.3) is 0 Å². The number of esters is 1. The molecule has 2 bridgehead atoms. The maximum atomic E-state index is 11.0. The van der Waals surface area contributed by atoms with Crippen LogP contribution in [-0.4, -0.2) is 25.8 Å². The van der Waals surface area contributed by atoms with E-state index in [4.69, 9.17) is 9.47 Å². The Morgan fingerprint density at radius 2 is 2.29 bits per heavy atom. The minimum Gasteiger partial charge on any atom is -0.465 e. The van der Waals surface area contributed by atoms with Crippen molar-refractivity contribution in [2.24, 2.45) is 23.2 Å². The average Bonchev–Trinajstić information content (AvgIpc) is 2.25. The number of carbonyl (C=O) groups is 1. The summed E-state index contributed by atoms with van der Waals surface area (Å²) in [6, 6.07) is 0. The first kappa shape index (κ1) is 12.6. The molecule has 0 unspecified atom stereocenters. The van der Waals surface area contributed by atoms with Gasteiger partial charge in [0.05, 0.1) is 19.8 Å². The van der Waals surface area contributed by atoms with E-state index in [9.17, 15) is 4.79 Å². The molecule has 3 heteroatoms. The molecular formula is C14H22O3. The molecular weight excluding hydrogens is 216 g/mol. The summed E-state index contributed by atoms with van der Waals surface area (Å²) < 4.78 is 11.0. The molecule has 96 valence electrons. The topological polar surface area (TPSA) is 35.5 Å². The van der Waals surface area contributed by atoms with Crippen molar-refractivity contribution >= 4 is 5.97 Å². The Bertz CT molecular complexity index is 347. The average molecular weight is 238 g/mol. The van der Waals surface area contributed by atoms with Crippen molar-refractivity contribution in [3.63, 3.8) is 0 Å². The lowest BCUT2D eigenvalue weighted by molar-refractivity contribution is -0.162. The minimum absolute atomic E-state index is 0.0336. The number of hydrogen-bond donors (Lipinski definition) is 0. The Balaban J connectivity index is 2.26. The molecule has 1 saturated heterocycles. The van der Waals surface area contributed by atoms with E-state index in [-0.39, 0.29) is 11.4 Å². The fraction of sp³-hybridized carbons (Fsp3) is 0.786. The van der Waals surface area contributed by atoms with E-state index < -0.39 is 0 Å². The third-order valence-corrected chi connectivity index (χ3v) is 4.73. The molecule has 0 spiro atoms.